The Labute approximate surface area is 132 Å². The summed E-state index contributed by atoms with van der Waals surface area (Å²) in [6.45, 7) is 3.22. The van der Waals surface area contributed by atoms with Crippen LogP contribution in [-0.2, 0) is 10.2 Å². The van der Waals surface area contributed by atoms with E-state index in [0.29, 0.717) is 13.1 Å². The molecule has 2 rings (SSSR count). The summed E-state index contributed by atoms with van der Waals surface area (Å²) >= 11 is 1.96. The lowest BCUT2D eigenvalue weighted by molar-refractivity contribution is 0.286. The summed E-state index contributed by atoms with van der Waals surface area (Å²) in [5.41, 5.74) is 0. The normalized spacial score (nSPS) is 24.9. The third-order valence-electron chi connectivity index (χ3n) is 4.45. The van der Waals surface area contributed by atoms with E-state index in [9.17, 15) is 8.42 Å². The van der Waals surface area contributed by atoms with Gasteiger partial charge in [-0.25, -0.2) is 0 Å². The molecule has 7 heteroatoms. The molecular formula is C14H25N3O2S2. The molecule has 21 heavy (non-hydrogen) atoms. The molecule has 0 bridgehead atoms. The van der Waals surface area contributed by atoms with Crippen LogP contribution in [0.15, 0.2) is 0 Å². The summed E-state index contributed by atoms with van der Waals surface area (Å²) in [4.78, 5) is 0. The highest BCUT2D eigenvalue weighted by atomic mass is 32.2. The van der Waals surface area contributed by atoms with Gasteiger partial charge in [-0.1, -0.05) is 19.3 Å². The van der Waals surface area contributed by atoms with Crippen LogP contribution in [0.25, 0.3) is 0 Å². The molecule has 2 aliphatic rings. The van der Waals surface area contributed by atoms with Crippen LogP contribution in [0.1, 0.15) is 39.0 Å². The second-order valence-electron chi connectivity index (χ2n) is 6.24. The Hall–Kier alpha value is -0.290. The van der Waals surface area contributed by atoms with E-state index in [0.717, 1.165) is 18.6 Å². The Morgan fingerprint density at radius 2 is 2.05 bits per heavy atom. The van der Waals surface area contributed by atoms with Gasteiger partial charge in [0.1, 0.15) is 0 Å². The standard InChI is InChI=1S/C14H25N3O2S2/c1-13(10-15)11-16(2)21(18,19)17-8-9-20-14(12-17)6-4-3-5-7-14/h13H,3-9,11-12H2,1-2H3/t13-/m0/s1. The van der Waals surface area contributed by atoms with Crippen molar-refractivity contribution >= 4 is 22.0 Å². The molecule has 1 aliphatic heterocycles. The van der Waals surface area contributed by atoms with Crippen molar-refractivity contribution in [2.45, 2.75) is 43.8 Å². The van der Waals surface area contributed by atoms with E-state index in [1.807, 2.05) is 11.8 Å². The van der Waals surface area contributed by atoms with Gasteiger partial charge in [-0.15, -0.1) is 0 Å². The molecule has 0 aromatic rings. The van der Waals surface area contributed by atoms with Gasteiger partial charge in [0, 0.05) is 37.2 Å². The van der Waals surface area contributed by atoms with Crippen molar-refractivity contribution in [2.24, 2.45) is 5.92 Å². The summed E-state index contributed by atoms with van der Waals surface area (Å²) < 4.78 is 28.5. The molecule has 0 amide bonds. The first-order valence-corrected chi connectivity index (χ1v) is 10.0. The minimum absolute atomic E-state index is 0.130. The molecule has 2 fully saturated rings. The summed E-state index contributed by atoms with van der Waals surface area (Å²) in [6.07, 6.45) is 5.95. The maximum atomic E-state index is 12.7. The first-order valence-electron chi connectivity index (χ1n) is 7.65. The molecule has 1 spiro atoms. The topological polar surface area (TPSA) is 64.4 Å². The molecule has 120 valence electrons. The molecule has 0 aromatic heterocycles. The van der Waals surface area contributed by atoms with E-state index < -0.39 is 10.2 Å². The van der Waals surface area contributed by atoms with E-state index >= 15 is 0 Å². The maximum Gasteiger partial charge on any atom is 0.281 e. The quantitative estimate of drug-likeness (QED) is 0.791. The molecule has 1 aliphatic carbocycles. The zero-order chi connectivity index (χ0) is 15.5. The average Bonchev–Trinajstić information content (AvgIpc) is 2.47. The van der Waals surface area contributed by atoms with Gasteiger partial charge in [0.25, 0.3) is 10.2 Å². The van der Waals surface area contributed by atoms with Gasteiger partial charge in [-0.05, 0) is 19.8 Å². The lowest BCUT2D eigenvalue weighted by atomic mass is 9.88. The number of nitrogens with zero attached hydrogens (tertiary/aromatic N) is 3. The monoisotopic (exact) mass is 331 g/mol. The van der Waals surface area contributed by atoms with Crippen LogP contribution in [0, 0.1) is 17.2 Å². The molecule has 1 saturated carbocycles. The van der Waals surface area contributed by atoms with Crippen LogP contribution in [0.5, 0.6) is 0 Å². The highest BCUT2D eigenvalue weighted by Gasteiger charge is 2.42. The van der Waals surface area contributed by atoms with E-state index in [1.165, 1.54) is 23.6 Å². The van der Waals surface area contributed by atoms with Gasteiger partial charge in [0.2, 0.25) is 0 Å². The van der Waals surface area contributed by atoms with Crippen LogP contribution < -0.4 is 0 Å². The number of rotatable bonds is 4. The summed E-state index contributed by atoms with van der Waals surface area (Å²) in [7, 11) is -1.86. The van der Waals surface area contributed by atoms with Crippen molar-refractivity contribution in [3.05, 3.63) is 0 Å². The lowest BCUT2D eigenvalue weighted by Gasteiger charge is -2.44. The minimum atomic E-state index is -3.44. The van der Waals surface area contributed by atoms with Crippen LogP contribution in [0.2, 0.25) is 0 Å². The highest BCUT2D eigenvalue weighted by molar-refractivity contribution is 8.00. The van der Waals surface area contributed by atoms with Gasteiger partial charge >= 0.3 is 0 Å². The fourth-order valence-electron chi connectivity index (χ4n) is 3.22. The van der Waals surface area contributed by atoms with Crippen molar-refractivity contribution in [3.63, 3.8) is 0 Å². The Morgan fingerprint density at radius 3 is 2.67 bits per heavy atom. The highest BCUT2D eigenvalue weighted by Crippen LogP contribution is 2.43. The number of thioether (sulfide) groups is 1. The van der Waals surface area contributed by atoms with Crippen molar-refractivity contribution in [2.75, 3.05) is 32.4 Å². The van der Waals surface area contributed by atoms with E-state index in [4.69, 9.17) is 5.26 Å². The van der Waals surface area contributed by atoms with Gasteiger partial charge in [-0.2, -0.15) is 34.1 Å². The van der Waals surface area contributed by atoms with Crippen LogP contribution in [0.3, 0.4) is 0 Å². The molecule has 0 N–H and O–H groups in total. The molecule has 1 atom stereocenters. The molecule has 0 radical (unpaired) electrons. The zero-order valence-electron chi connectivity index (χ0n) is 12.9. The second-order valence-corrected chi connectivity index (χ2v) is 9.84. The van der Waals surface area contributed by atoms with Crippen LogP contribution >= 0.6 is 11.8 Å². The fourth-order valence-corrected chi connectivity index (χ4v) is 6.53. The van der Waals surface area contributed by atoms with Crippen molar-refractivity contribution < 1.29 is 8.42 Å². The first-order chi connectivity index (χ1) is 9.89. The third kappa shape index (κ3) is 3.92. The molecule has 0 unspecified atom stereocenters. The molecule has 5 nitrogen and oxygen atoms in total. The SMILES string of the molecule is C[C@@H](C#N)CN(C)S(=O)(=O)N1CCSC2(CCCCC2)C1. The number of nitriles is 1. The maximum absolute atomic E-state index is 12.7. The minimum Gasteiger partial charge on any atom is -0.198 e. The molecule has 0 aromatic carbocycles. The fraction of sp³-hybridized carbons (Fsp3) is 0.929. The van der Waals surface area contributed by atoms with Gasteiger partial charge in [0.05, 0.1) is 12.0 Å². The Bertz CT molecular complexity index is 489. The van der Waals surface area contributed by atoms with Gasteiger partial charge in [0.15, 0.2) is 0 Å². The Morgan fingerprint density at radius 1 is 1.38 bits per heavy atom. The average molecular weight is 332 g/mol. The van der Waals surface area contributed by atoms with Crippen LogP contribution in [0.4, 0.5) is 0 Å². The predicted octanol–water partition coefficient (Wildman–Crippen LogP) is 2.07. The summed E-state index contributed by atoms with van der Waals surface area (Å²) in [5.74, 6) is 0.591. The van der Waals surface area contributed by atoms with Crippen LogP contribution in [-0.4, -0.2) is 54.2 Å². The van der Waals surface area contributed by atoms with Crippen molar-refractivity contribution in [3.8, 4) is 6.07 Å². The Kier molecular flexibility index (Phi) is 5.58. The van der Waals surface area contributed by atoms with Gasteiger partial charge in [-0.3, -0.25) is 0 Å². The molecular weight excluding hydrogens is 306 g/mol. The number of hydrogen-bond donors (Lipinski definition) is 0. The molecule has 1 heterocycles. The van der Waals surface area contributed by atoms with E-state index in [1.54, 1.807) is 18.3 Å². The van der Waals surface area contributed by atoms with Crippen molar-refractivity contribution in [1.29, 1.82) is 5.26 Å². The lowest BCUT2D eigenvalue weighted by Crippen LogP contribution is -2.53. The zero-order valence-corrected chi connectivity index (χ0v) is 14.5. The summed E-state index contributed by atoms with van der Waals surface area (Å²) in [5, 5.41) is 8.87. The van der Waals surface area contributed by atoms with Gasteiger partial charge < -0.3 is 0 Å². The third-order valence-corrected chi connectivity index (χ3v) is 7.89. The first kappa shape index (κ1) is 17.1. The summed E-state index contributed by atoms with van der Waals surface area (Å²) in [6, 6.07) is 2.10. The van der Waals surface area contributed by atoms with E-state index in [2.05, 4.69) is 6.07 Å². The predicted molar refractivity (Wildman–Crippen MR) is 86.2 cm³/mol. The largest absolute Gasteiger partial charge is 0.281 e. The Balaban J connectivity index is 2.07. The smallest absolute Gasteiger partial charge is 0.198 e. The second kappa shape index (κ2) is 6.86. The van der Waals surface area contributed by atoms with Crippen molar-refractivity contribution in [1.82, 2.24) is 8.61 Å². The number of hydrogen-bond acceptors (Lipinski definition) is 4. The molecule has 1 saturated heterocycles. The van der Waals surface area contributed by atoms with E-state index in [-0.39, 0.29) is 17.2 Å².